The molecule has 0 aliphatic carbocycles. The molecule has 2 amide bonds. The third-order valence-corrected chi connectivity index (χ3v) is 4.41. The van der Waals surface area contributed by atoms with Crippen molar-refractivity contribution in [2.45, 2.75) is 19.5 Å². The molecule has 4 heterocycles. The Labute approximate surface area is 149 Å². The largest absolute Gasteiger partial charge is 0.350 e. The van der Waals surface area contributed by atoms with Gasteiger partial charge in [-0.25, -0.2) is 9.97 Å². The first-order valence-electron chi connectivity index (χ1n) is 8.42. The Morgan fingerprint density at radius 1 is 1.31 bits per heavy atom. The third kappa shape index (κ3) is 3.39. The maximum Gasteiger partial charge on any atom is 0.233 e. The summed E-state index contributed by atoms with van der Waals surface area (Å²) in [5.41, 5.74) is 1.69. The van der Waals surface area contributed by atoms with Gasteiger partial charge in [-0.05, 0) is 17.7 Å². The normalized spacial score (nSPS) is 17.0. The van der Waals surface area contributed by atoms with Crippen molar-refractivity contribution in [3.63, 3.8) is 0 Å². The molecule has 1 saturated heterocycles. The minimum Gasteiger partial charge on any atom is -0.350 e. The summed E-state index contributed by atoms with van der Waals surface area (Å²) < 4.78 is 1.80. The summed E-state index contributed by atoms with van der Waals surface area (Å²) in [5, 5.41) is 2.87. The second-order valence-corrected chi connectivity index (χ2v) is 6.31. The lowest BCUT2D eigenvalue weighted by Crippen LogP contribution is -2.32. The van der Waals surface area contributed by atoms with Crippen LogP contribution in [-0.2, 0) is 22.7 Å². The lowest BCUT2D eigenvalue weighted by Gasteiger charge is -2.16. The Morgan fingerprint density at radius 3 is 3.04 bits per heavy atom. The molecule has 0 spiro atoms. The highest BCUT2D eigenvalue weighted by molar-refractivity contribution is 5.89. The Hall–Kier alpha value is -3.29. The van der Waals surface area contributed by atoms with E-state index in [9.17, 15) is 9.59 Å². The molecule has 0 radical (unpaired) electrons. The van der Waals surface area contributed by atoms with E-state index in [0.29, 0.717) is 25.4 Å². The van der Waals surface area contributed by atoms with E-state index >= 15 is 0 Å². The van der Waals surface area contributed by atoms with Gasteiger partial charge in [-0.2, -0.15) is 0 Å². The number of rotatable bonds is 5. The average molecular weight is 350 g/mol. The van der Waals surface area contributed by atoms with Gasteiger partial charge in [0, 0.05) is 50.5 Å². The standard InChI is InChI=1S/C18H18N6O2/c25-16-7-14(11-24(16)10-13-3-1-4-19-8-13)17(26)21-9-15-12-23-6-2-5-20-18(23)22-15/h1-6,8,12,14H,7,9-11H2,(H,21,26)/t14-/m1/s1. The molecule has 1 atom stereocenters. The van der Waals surface area contributed by atoms with Crippen molar-refractivity contribution >= 4 is 17.6 Å². The predicted molar refractivity (Wildman–Crippen MR) is 92.6 cm³/mol. The van der Waals surface area contributed by atoms with E-state index in [-0.39, 0.29) is 24.2 Å². The Kier molecular flexibility index (Phi) is 4.30. The van der Waals surface area contributed by atoms with Crippen LogP contribution in [0.2, 0.25) is 0 Å². The molecule has 3 aromatic heterocycles. The first-order valence-corrected chi connectivity index (χ1v) is 8.42. The van der Waals surface area contributed by atoms with Crippen molar-refractivity contribution in [3.05, 3.63) is 60.4 Å². The van der Waals surface area contributed by atoms with Crippen LogP contribution in [0.15, 0.2) is 49.2 Å². The van der Waals surface area contributed by atoms with Gasteiger partial charge in [-0.3, -0.25) is 19.0 Å². The molecule has 26 heavy (non-hydrogen) atoms. The van der Waals surface area contributed by atoms with Gasteiger partial charge >= 0.3 is 0 Å². The number of likely N-dealkylation sites (tertiary alicyclic amines) is 1. The van der Waals surface area contributed by atoms with E-state index in [1.54, 1.807) is 27.9 Å². The van der Waals surface area contributed by atoms with Crippen molar-refractivity contribution in [3.8, 4) is 0 Å². The molecule has 0 saturated carbocycles. The van der Waals surface area contributed by atoms with Crippen LogP contribution in [0.3, 0.4) is 0 Å². The topological polar surface area (TPSA) is 92.5 Å². The van der Waals surface area contributed by atoms with Gasteiger partial charge in [0.05, 0.1) is 18.2 Å². The first kappa shape index (κ1) is 16.2. The minimum atomic E-state index is -0.339. The summed E-state index contributed by atoms with van der Waals surface area (Å²) in [6.07, 6.45) is 9.02. The Bertz CT molecular complexity index is 906. The van der Waals surface area contributed by atoms with E-state index in [2.05, 4.69) is 20.3 Å². The quantitative estimate of drug-likeness (QED) is 0.734. The number of nitrogens with one attached hydrogen (secondary N) is 1. The maximum absolute atomic E-state index is 12.4. The summed E-state index contributed by atoms with van der Waals surface area (Å²) in [5.74, 6) is 0.118. The summed E-state index contributed by atoms with van der Waals surface area (Å²) >= 11 is 0. The van der Waals surface area contributed by atoms with E-state index in [1.807, 2.05) is 30.6 Å². The first-order chi connectivity index (χ1) is 12.7. The average Bonchev–Trinajstić information content (AvgIpc) is 3.24. The van der Waals surface area contributed by atoms with Gasteiger partial charge in [-0.1, -0.05) is 6.07 Å². The zero-order valence-corrected chi connectivity index (χ0v) is 14.1. The SMILES string of the molecule is O=C(NCc1cn2cccnc2n1)[C@@H]1CC(=O)N(Cc2cccnc2)C1. The number of imidazole rings is 1. The van der Waals surface area contributed by atoms with Crippen molar-refractivity contribution in [1.29, 1.82) is 0 Å². The zero-order valence-electron chi connectivity index (χ0n) is 14.1. The summed E-state index contributed by atoms with van der Waals surface area (Å²) in [7, 11) is 0. The fourth-order valence-corrected chi connectivity index (χ4v) is 3.10. The molecule has 132 valence electrons. The molecule has 3 aromatic rings. The minimum absolute atomic E-state index is 0.00840. The Morgan fingerprint density at radius 2 is 2.23 bits per heavy atom. The third-order valence-electron chi connectivity index (χ3n) is 4.41. The van der Waals surface area contributed by atoms with Crippen molar-refractivity contribution in [2.75, 3.05) is 6.54 Å². The highest BCUT2D eigenvalue weighted by Gasteiger charge is 2.34. The second kappa shape index (κ2) is 6.91. The molecular formula is C18H18N6O2. The fraction of sp³-hybridized carbons (Fsp3) is 0.278. The van der Waals surface area contributed by atoms with Gasteiger partial charge in [0.2, 0.25) is 17.6 Å². The smallest absolute Gasteiger partial charge is 0.233 e. The summed E-state index contributed by atoms with van der Waals surface area (Å²) in [6, 6.07) is 5.58. The van der Waals surface area contributed by atoms with Crippen molar-refractivity contribution in [1.82, 2.24) is 29.6 Å². The zero-order chi connectivity index (χ0) is 17.9. The van der Waals surface area contributed by atoms with E-state index in [1.165, 1.54) is 0 Å². The van der Waals surface area contributed by atoms with E-state index < -0.39 is 0 Å². The van der Waals surface area contributed by atoms with Crippen molar-refractivity contribution in [2.24, 2.45) is 5.92 Å². The second-order valence-electron chi connectivity index (χ2n) is 6.31. The summed E-state index contributed by atoms with van der Waals surface area (Å²) in [6.45, 7) is 1.22. The molecule has 1 fully saturated rings. The fourth-order valence-electron chi connectivity index (χ4n) is 3.10. The van der Waals surface area contributed by atoms with Crippen LogP contribution in [0.25, 0.3) is 5.78 Å². The molecule has 8 heteroatoms. The lowest BCUT2D eigenvalue weighted by atomic mass is 10.1. The van der Waals surface area contributed by atoms with Crippen molar-refractivity contribution < 1.29 is 9.59 Å². The molecule has 8 nitrogen and oxygen atoms in total. The monoisotopic (exact) mass is 350 g/mol. The number of amides is 2. The number of carbonyl (C=O) groups is 2. The van der Waals surface area contributed by atoms with Gasteiger partial charge in [-0.15, -0.1) is 0 Å². The van der Waals surface area contributed by atoms with Gasteiger partial charge in [0.25, 0.3) is 0 Å². The predicted octanol–water partition coefficient (Wildman–Crippen LogP) is 0.789. The number of fused-ring (bicyclic) bond motifs is 1. The number of nitrogens with zero attached hydrogens (tertiary/aromatic N) is 5. The van der Waals surface area contributed by atoms with Gasteiger partial charge in [0.15, 0.2) is 0 Å². The van der Waals surface area contributed by atoms with Gasteiger partial charge < -0.3 is 10.2 Å². The number of hydrogen-bond donors (Lipinski definition) is 1. The lowest BCUT2D eigenvalue weighted by molar-refractivity contribution is -0.129. The number of pyridine rings is 1. The van der Waals surface area contributed by atoms with Crippen LogP contribution in [-0.4, -0.2) is 42.6 Å². The van der Waals surface area contributed by atoms with Crippen LogP contribution < -0.4 is 5.32 Å². The highest BCUT2D eigenvalue weighted by atomic mass is 16.2. The van der Waals surface area contributed by atoms with E-state index in [4.69, 9.17) is 0 Å². The molecule has 0 unspecified atom stereocenters. The molecule has 1 aliphatic heterocycles. The number of aromatic nitrogens is 4. The highest BCUT2D eigenvalue weighted by Crippen LogP contribution is 2.20. The summed E-state index contributed by atoms with van der Waals surface area (Å²) in [4.78, 5) is 38.9. The van der Waals surface area contributed by atoms with Gasteiger partial charge in [0.1, 0.15) is 0 Å². The van der Waals surface area contributed by atoms with Crippen LogP contribution in [0.4, 0.5) is 0 Å². The number of hydrogen-bond acceptors (Lipinski definition) is 5. The molecule has 4 rings (SSSR count). The molecule has 0 aromatic carbocycles. The maximum atomic E-state index is 12.4. The van der Waals surface area contributed by atoms with Crippen LogP contribution in [0.5, 0.6) is 0 Å². The molecule has 1 aliphatic rings. The molecular weight excluding hydrogens is 332 g/mol. The molecule has 1 N–H and O–H groups in total. The Balaban J connectivity index is 1.34. The van der Waals surface area contributed by atoms with E-state index in [0.717, 1.165) is 11.3 Å². The number of carbonyl (C=O) groups excluding carboxylic acids is 2. The van der Waals surface area contributed by atoms with Crippen LogP contribution in [0, 0.1) is 5.92 Å². The van der Waals surface area contributed by atoms with Crippen LogP contribution in [0.1, 0.15) is 17.7 Å². The van der Waals surface area contributed by atoms with Crippen LogP contribution >= 0.6 is 0 Å². The molecule has 0 bridgehead atoms.